The van der Waals surface area contributed by atoms with Gasteiger partial charge in [-0.05, 0) is 37.5 Å². The third-order valence-corrected chi connectivity index (χ3v) is 5.97. The van der Waals surface area contributed by atoms with Crippen LogP contribution in [0.25, 0.3) is 0 Å². The van der Waals surface area contributed by atoms with Crippen molar-refractivity contribution in [2.75, 3.05) is 44.2 Å². The molecule has 1 N–H and O–H groups in total. The number of piperazine rings is 1. The third kappa shape index (κ3) is 4.38. The van der Waals surface area contributed by atoms with E-state index in [1.165, 1.54) is 0 Å². The Kier molecular flexibility index (Phi) is 5.55. The summed E-state index contributed by atoms with van der Waals surface area (Å²) in [6, 6.07) is 7.80. The first-order chi connectivity index (χ1) is 13.1. The molecular weight excluding hydrogens is 366 g/mol. The summed E-state index contributed by atoms with van der Waals surface area (Å²) in [4.78, 5) is 29.1. The second kappa shape index (κ2) is 8.07. The van der Waals surface area contributed by atoms with Gasteiger partial charge in [-0.25, -0.2) is 0 Å². The summed E-state index contributed by atoms with van der Waals surface area (Å²) in [5.74, 6) is -0.184. The molecule has 2 heterocycles. The van der Waals surface area contributed by atoms with Gasteiger partial charge in [0.25, 0.3) is 0 Å². The zero-order chi connectivity index (χ0) is 18.8. The Morgan fingerprint density at radius 1 is 1.19 bits per heavy atom. The Bertz CT molecular complexity index is 699. The molecule has 7 heteroatoms. The average Bonchev–Trinajstić information content (AvgIpc) is 3.32. The highest BCUT2D eigenvalue weighted by Crippen LogP contribution is 2.40. The fraction of sp³-hybridized carbons (Fsp3) is 0.600. The van der Waals surface area contributed by atoms with E-state index in [1.807, 2.05) is 29.2 Å². The smallest absolute Gasteiger partial charge is 0.226 e. The van der Waals surface area contributed by atoms with E-state index in [1.54, 1.807) is 0 Å². The summed E-state index contributed by atoms with van der Waals surface area (Å²) in [5, 5.41) is 3.68. The van der Waals surface area contributed by atoms with Crippen LogP contribution in [0.1, 0.15) is 19.3 Å². The Morgan fingerprint density at radius 2 is 2.00 bits per heavy atom. The second-order valence-electron chi connectivity index (χ2n) is 7.62. The molecule has 3 aliphatic rings. The van der Waals surface area contributed by atoms with E-state index in [-0.39, 0.29) is 29.8 Å². The maximum atomic E-state index is 12.7. The minimum absolute atomic E-state index is 0.00131. The molecule has 0 spiro atoms. The minimum Gasteiger partial charge on any atom is -0.376 e. The highest BCUT2D eigenvalue weighted by molar-refractivity contribution is 6.30. The minimum atomic E-state index is -0.162. The average molecular weight is 392 g/mol. The van der Waals surface area contributed by atoms with Crippen molar-refractivity contribution in [2.24, 2.45) is 11.8 Å². The predicted octanol–water partition coefficient (Wildman–Crippen LogP) is 1.92. The third-order valence-electron chi connectivity index (χ3n) is 5.74. The second-order valence-corrected chi connectivity index (χ2v) is 8.06. The van der Waals surface area contributed by atoms with Crippen LogP contribution in [-0.4, -0.2) is 62.1 Å². The number of anilines is 1. The van der Waals surface area contributed by atoms with Crippen LogP contribution in [0.3, 0.4) is 0 Å². The first kappa shape index (κ1) is 18.6. The van der Waals surface area contributed by atoms with Crippen LogP contribution in [0, 0.1) is 11.8 Å². The van der Waals surface area contributed by atoms with Gasteiger partial charge in [-0.15, -0.1) is 0 Å². The van der Waals surface area contributed by atoms with Gasteiger partial charge in [-0.3, -0.25) is 9.59 Å². The van der Waals surface area contributed by atoms with Gasteiger partial charge in [0.15, 0.2) is 0 Å². The molecule has 2 aliphatic heterocycles. The van der Waals surface area contributed by atoms with Crippen molar-refractivity contribution in [1.82, 2.24) is 10.2 Å². The molecule has 1 aromatic carbocycles. The summed E-state index contributed by atoms with van der Waals surface area (Å²) in [7, 11) is 0. The van der Waals surface area contributed by atoms with E-state index >= 15 is 0 Å². The lowest BCUT2D eigenvalue weighted by Crippen LogP contribution is -2.49. The number of nitrogens with one attached hydrogen (secondary N) is 1. The largest absolute Gasteiger partial charge is 0.376 e. The number of ether oxygens (including phenoxy) is 1. The molecule has 1 aromatic rings. The van der Waals surface area contributed by atoms with Crippen LogP contribution in [-0.2, 0) is 14.3 Å². The fourth-order valence-electron chi connectivity index (χ4n) is 4.00. The first-order valence-electron chi connectivity index (χ1n) is 9.80. The number of halogens is 1. The molecule has 4 rings (SSSR count). The lowest BCUT2D eigenvalue weighted by atomic mass is 10.2. The Balaban J connectivity index is 1.22. The van der Waals surface area contributed by atoms with E-state index in [4.69, 9.17) is 16.3 Å². The van der Waals surface area contributed by atoms with E-state index < -0.39 is 0 Å². The highest BCUT2D eigenvalue weighted by Gasteiger charge is 2.49. The Morgan fingerprint density at radius 3 is 2.70 bits per heavy atom. The molecule has 3 unspecified atom stereocenters. The topological polar surface area (TPSA) is 61.9 Å². The van der Waals surface area contributed by atoms with Crippen LogP contribution < -0.4 is 10.2 Å². The number of hydrogen-bond acceptors (Lipinski definition) is 4. The first-order valence-corrected chi connectivity index (χ1v) is 10.2. The molecule has 3 fully saturated rings. The molecule has 0 bridgehead atoms. The standard InChI is InChI=1S/C20H26ClN3O3/c21-14-3-1-4-15(11-14)23-6-8-24(9-7-23)20(26)18-12-17(18)19(25)22-13-16-5-2-10-27-16/h1,3-4,11,16-18H,2,5-10,12-13H2,(H,22,25). The summed E-state index contributed by atoms with van der Waals surface area (Å²) >= 11 is 6.07. The molecule has 0 radical (unpaired) electrons. The molecule has 0 aromatic heterocycles. The number of hydrogen-bond donors (Lipinski definition) is 1. The van der Waals surface area contributed by atoms with Crippen LogP contribution in [0.15, 0.2) is 24.3 Å². The number of amides is 2. The van der Waals surface area contributed by atoms with Gasteiger partial charge in [0.1, 0.15) is 0 Å². The number of rotatable bonds is 5. The number of carbonyl (C=O) groups is 2. The van der Waals surface area contributed by atoms with Gasteiger partial charge in [-0.1, -0.05) is 17.7 Å². The molecule has 1 aliphatic carbocycles. The van der Waals surface area contributed by atoms with Crippen molar-refractivity contribution in [2.45, 2.75) is 25.4 Å². The highest BCUT2D eigenvalue weighted by atomic mass is 35.5. The van der Waals surface area contributed by atoms with Crippen molar-refractivity contribution in [1.29, 1.82) is 0 Å². The molecule has 3 atom stereocenters. The van der Waals surface area contributed by atoms with E-state index in [2.05, 4.69) is 10.2 Å². The molecule has 146 valence electrons. The molecule has 1 saturated carbocycles. The van der Waals surface area contributed by atoms with Gasteiger partial charge < -0.3 is 19.9 Å². The normalized spacial score (nSPS) is 27.5. The van der Waals surface area contributed by atoms with Crippen LogP contribution in [0.2, 0.25) is 5.02 Å². The van der Waals surface area contributed by atoms with Crippen LogP contribution in [0.4, 0.5) is 5.69 Å². The van der Waals surface area contributed by atoms with E-state index in [9.17, 15) is 9.59 Å². The SMILES string of the molecule is O=C(NCC1CCCO1)C1CC1C(=O)N1CCN(c2cccc(Cl)c2)CC1. The Hall–Kier alpha value is -1.79. The lowest BCUT2D eigenvalue weighted by Gasteiger charge is -2.36. The number of nitrogens with zero attached hydrogens (tertiary/aromatic N) is 2. The zero-order valence-electron chi connectivity index (χ0n) is 15.4. The van der Waals surface area contributed by atoms with Gasteiger partial charge in [0.05, 0.1) is 17.9 Å². The molecular formula is C20H26ClN3O3. The predicted molar refractivity (Wildman–Crippen MR) is 104 cm³/mol. The van der Waals surface area contributed by atoms with Crippen molar-refractivity contribution < 1.29 is 14.3 Å². The van der Waals surface area contributed by atoms with Crippen molar-refractivity contribution >= 4 is 29.1 Å². The van der Waals surface area contributed by atoms with Gasteiger partial charge >= 0.3 is 0 Å². The van der Waals surface area contributed by atoms with E-state index in [0.717, 1.165) is 43.2 Å². The van der Waals surface area contributed by atoms with Crippen LogP contribution >= 0.6 is 11.6 Å². The number of benzene rings is 1. The van der Waals surface area contributed by atoms with Gasteiger partial charge in [0, 0.05) is 50.0 Å². The summed E-state index contributed by atoms with van der Waals surface area (Å²) in [6.07, 6.45) is 2.88. The molecule has 2 saturated heterocycles. The molecule has 2 amide bonds. The van der Waals surface area contributed by atoms with E-state index in [0.29, 0.717) is 26.1 Å². The summed E-state index contributed by atoms with van der Waals surface area (Å²) in [6.45, 7) is 4.29. The van der Waals surface area contributed by atoms with Gasteiger partial charge in [-0.2, -0.15) is 0 Å². The lowest BCUT2D eigenvalue weighted by molar-refractivity contribution is -0.135. The van der Waals surface area contributed by atoms with Crippen molar-refractivity contribution in [3.63, 3.8) is 0 Å². The van der Waals surface area contributed by atoms with Crippen LogP contribution in [0.5, 0.6) is 0 Å². The van der Waals surface area contributed by atoms with Crippen molar-refractivity contribution in [3.05, 3.63) is 29.3 Å². The molecule has 27 heavy (non-hydrogen) atoms. The summed E-state index contributed by atoms with van der Waals surface area (Å²) in [5.41, 5.74) is 1.09. The van der Waals surface area contributed by atoms with Gasteiger partial charge in [0.2, 0.25) is 11.8 Å². The van der Waals surface area contributed by atoms with Crippen molar-refractivity contribution in [3.8, 4) is 0 Å². The molecule has 6 nitrogen and oxygen atoms in total. The monoisotopic (exact) mass is 391 g/mol. The maximum absolute atomic E-state index is 12.7. The maximum Gasteiger partial charge on any atom is 0.226 e. The zero-order valence-corrected chi connectivity index (χ0v) is 16.2. The summed E-state index contributed by atoms with van der Waals surface area (Å²) < 4.78 is 5.52. The number of carbonyl (C=O) groups excluding carboxylic acids is 2. The quantitative estimate of drug-likeness (QED) is 0.833. The Labute approximate surface area is 164 Å². The fourth-order valence-corrected chi connectivity index (χ4v) is 4.19.